The molecular weight excluding hydrogens is 340 g/mol. The van der Waals surface area contributed by atoms with E-state index >= 15 is 0 Å². The summed E-state index contributed by atoms with van der Waals surface area (Å²) < 4.78 is 4.98. The van der Waals surface area contributed by atoms with Crippen molar-refractivity contribution in [3.63, 3.8) is 0 Å². The highest BCUT2D eigenvalue weighted by Gasteiger charge is 2.30. The molecule has 25 heavy (non-hydrogen) atoms. The van der Waals surface area contributed by atoms with E-state index in [-0.39, 0.29) is 17.9 Å². The lowest BCUT2D eigenvalue weighted by atomic mass is 10.2. The summed E-state index contributed by atoms with van der Waals surface area (Å²) in [5, 5.41) is 5.42. The van der Waals surface area contributed by atoms with Gasteiger partial charge in [0.1, 0.15) is 0 Å². The second-order valence-electron chi connectivity index (χ2n) is 6.64. The van der Waals surface area contributed by atoms with Crippen LogP contribution in [0.3, 0.4) is 0 Å². The van der Waals surface area contributed by atoms with Gasteiger partial charge in [0.2, 0.25) is 10.9 Å². The number of aromatic nitrogens is 1. The van der Waals surface area contributed by atoms with Gasteiger partial charge in [-0.25, -0.2) is 9.78 Å². The Morgan fingerprint density at radius 3 is 2.72 bits per heavy atom. The van der Waals surface area contributed by atoms with Crippen molar-refractivity contribution in [2.24, 2.45) is 0 Å². The number of hydrogen-bond acceptors (Lipinski definition) is 7. The molecule has 0 aromatic carbocycles. The number of carbonyl (C=O) groups excluding carboxylic acids is 2. The van der Waals surface area contributed by atoms with Gasteiger partial charge in [-0.15, -0.1) is 11.3 Å². The molecule has 0 bridgehead atoms. The van der Waals surface area contributed by atoms with Gasteiger partial charge >= 0.3 is 5.97 Å². The van der Waals surface area contributed by atoms with Crippen LogP contribution in [0.1, 0.15) is 42.2 Å². The van der Waals surface area contributed by atoms with Crippen molar-refractivity contribution >= 4 is 23.2 Å². The molecule has 2 heterocycles. The van der Waals surface area contributed by atoms with Crippen LogP contribution in [0.15, 0.2) is 5.38 Å². The Hall–Kier alpha value is -1.51. The monoisotopic (exact) mass is 366 g/mol. The molecule has 138 valence electrons. The van der Waals surface area contributed by atoms with E-state index in [0.717, 1.165) is 51.3 Å². The SMILES string of the molecule is CCOC(=O)c1nc(CN2CCN([C@H](C)C(=O)NC3CC3)CC2)cs1. The molecule has 1 saturated heterocycles. The van der Waals surface area contributed by atoms with Gasteiger partial charge in [0.15, 0.2) is 0 Å². The molecule has 0 spiro atoms. The van der Waals surface area contributed by atoms with E-state index < -0.39 is 0 Å². The first-order chi connectivity index (χ1) is 12.1. The molecule has 1 saturated carbocycles. The van der Waals surface area contributed by atoms with Crippen LogP contribution >= 0.6 is 11.3 Å². The van der Waals surface area contributed by atoms with Crippen LogP contribution in [-0.2, 0) is 16.1 Å². The standard InChI is InChI=1S/C17H26N4O3S/c1-3-24-17(23)16-19-14(11-25-16)10-20-6-8-21(9-7-20)12(2)15(22)18-13-4-5-13/h11-13H,3-10H2,1-2H3,(H,18,22)/t12-/m1/s1. The third kappa shape index (κ3) is 4.99. The van der Waals surface area contributed by atoms with E-state index in [2.05, 4.69) is 20.1 Å². The van der Waals surface area contributed by atoms with Crippen LogP contribution in [0.2, 0.25) is 0 Å². The van der Waals surface area contributed by atoms with Gasteiger partial charge in [0.25, 0.3) is 0 Å². The van der Waals surface area contributed by atoms with Gasteiger partial charge in [-0.3, -0.25) is 14.6 Å². The van der Waals surface area contributed by atoms with Gasteiger partial charge in [-0.1, -0.05) is 0 Å². The number of rotatable bonds is 7. The van der Waals surface area contributed by atoms with E-state index in [1.165, 1.54) is 11.3 Å². The largest absolute Gasteiger partial charge is 0.461 e. The van der Waals surface area contributed by atoms with Crippen LogP contribution < -0.4 is 5.32 Å². The molecule has 0 unspecified atom stereocenters. The van der Waals surface area contributed by atoms with Crippen LogP contribution in [0.5, 0.6) is 0 Å². The number of ether oxygens (including phenoxy) is 1. The summed E-state index contributed by atoms with van der Waals surface area (Å²) in [4.78, 5) is 32.8. The Balaban J connectivity index is 1.44. The van der Waals surface area contributed by atoms with E-state index in [0.29, 0.717) is 17.7 Å². The smallest absolute Gasteiger partial charge is 0.367 e. The molecule has 1 atom stereocenters. The Morgan fingerprint density at radius 1 is 1.36 bits per heavy atom. The van der Waals surface area contributed by atoms with Crippen molar-refractivity contribution in [3.8, 4) is 0 Å². The summed E-state index contributed by atoms with van der Waals surface area (Å²) in [6.07, 6.45) is 2.24. The molecule has 1 N–H and O–H groups in total. The van der Waals surface area contributed by atoms with Crippen LogP contribution in [-0.4, -0.2) is 71.5 Å². The van der Waals surface area contributed by atoms with Crippen molar-refractivity contribution in [2.75, 3.05) is 32.8 Å². The number of nitrogens with zero attached hydrogens (tertiary/aromatic N) is 3. The number of amides is 1. The summed E-state index contributed by atoms with van der Waals surface area (Å²) in [6, 6.07) is 0.340. The summed E-state index contributed by atoms with van der Waals surface area (Å²) in [5.74, 6) is -0.200. The first-order valence-corrected chi connectivity index (χ1v) is 9.83. The number of nitrogens with one attached hydrogen (secondary N) is 1. The average Bonchev–Trinajstić information content (AvgIpc) is 3.30. The van der Waals surface area contributed by atoms with E-state index in [1.54, 1.807) is 6.92 Å². The minimum atomic E-state index is -0.348. The molecule has 2 fully saturated rings. The molecule has 0 radical (unpaired) electrons. The number of piperazine rings is 1. The fraction of sp³-hybridized carbons (Fsp3) is 0.706. The highest BCUT2D eigenvalue weighted by atomic mass is 32.1. The van der Waals surface area contributed by atoms with Crippen LogP contribution in [0, 0.1) is 0 Å². The Bertz CT molecular complexity index is 609. The lowest BCUT2D eigenvalue weighted by Gasteiger charge is -2.37. The minimum Gasteiger partial charge on any atom is -0.461 e. The average molecular weight is 366 g/mol. The fourth-order valence-corrected chi connectivity index (χ4v) is 3.62. The van der Waals surface area contributed by atoms with Crippen molar-refractivity contribution in [2.45, 2.75) is 45.3 Å². The lowest BCUT2D eigenvalue weighted by molar-refractivity contribution is -0.126. The summed E-state index contributed by atoms with van der Waals surface area (Å²) in [6.45, 7) is 8.40. The number of esters is 1. The second-order valence-corrected chi connectivity index (χ2v) is 7.49. The zero-order valence-electron chi connectivity index (χ0n) is 14.9. The maximum atomic E-state index is 12.2. The molecule has 1 aromatic rings. The van der Waals surface area contributed by atoms with Crippen molar-refractivity contribution in [3.05, 3.63) is 16.1 Å². The topological polar surface area (TPSA) is 74.8 Å². The molecule has 2 aliphatic rings. The first kappa shape index (κ1) is 18.3. The third-order valence-electron chi connectivity index (χ3n) is 4.65. The molecule has 1 aliphatic carbocycles. The maximum Gasteiger partial charge on any atom is 0.367 e. The van der Waals surface area contributed by atoms with E-state index in [9.17, 15) is 9.59 Å². The van der Waals surface area contributed by atoms with Gasteiger partial charge in [-0.05, 0) is 26.7 Å². The number of carbonyl (C=O) groups is 2. The highest BCUT2D eigenvalue weighted by molar-refractivity contribution is 7.11. The molecule has 8 heteroatoms. The van der Waals surface area contributed by atoms with Crippen molar-refractivity contribution in [1.82, 2.24) is 20.1 Å². The van der Waals surface area contributed by atoms with E-state index in [4.69, 9.17) is 4.74 Å². The van der Waals surface area contributed by atoms with Crippen molar-refractivity contribution in [1.29, 1.82) is 0 Å². The second kappa shape index (κ2) is 8.25. The predicted octanol–water partition coefficient (Wildman–Crippen LogP) is 1.10. The number of hydrogen-bond donors (Lipinski definition) is 1. The molecule has 1 aliphatic heterocycles. The van der Waals surface area contributed by atoms with Gasteiger partial charge in [0.05, 0.1) is 18.3 Å². The minimum absolute atomic E-state index is 0.0718. The van der Waals surface area contributed by atoms with Crippen LogP contribution in [0.4, 0.5) is 0 Å². The Morgan fingerprint density at radius 2 is 2.08 bits per heavy atom. The van der Waals surface area contributed by atoms with Gasteiger partial charge in [-0.2, -0.15) is 0 Å². The maximum absolute atomic E-state index is 12.2. The zero-order valence-corrected chi connectivity index (χ0v) is 15.7. The Labute approximate surface area is 152 Å². The summed E-state index contributed by atoms with van der Waals surface area (Å²) in [7, 11) is 0. The third-order valence-corrected chi connectivity index (χ3v) is 5.52. The Kier molecular flexibility index (Phi) is 6.03. The number of thiazole rings is 1. The highest BCUT2D eigenvalue weighted by Crippen LogP contribution is 2.19. The predicted molar refractivity (Wildman–Crippen MR) is 95.5 cm³/mol. The summed E-state index contributed by atoms with van der Waals surface area (Å²) >= 11 is 1.33. The van der Waals surface area contributed by atoms with Crippen molar-refractivity contribution < 1.29 is 14.3 Å². The van der Waals surface area contributed by atoms with Gasteiger partial charge < -0.3 is 10.1 Å². The molecule has 1 amide bonds. The molecule has 7 nitrogen and oxygen atoms in total. The van der Waals surface area contributed by atoms with Gasteiger partial charge in [0, 0.05) is 44.1 Å². The first-order valence-electron chi connectivity index (χ1n) is 8.95. The fourth-order valence-electron chi connectivity index (χ4n) is 2.92. The normalized spacial score (nSPS) is 20.2. The molecule has 1 aromatic heterocycles. The molecular formula is C17H26N4O3S. The summed E-state index contributed by atoms with van der Waals surface area (Å²) in [5.41, 5.74) is 0.904. The zero-order chi connectivity index (χ0) is 17.8. The van der Waals surface area contributed by atoms with E-state index in [1.807, 2.05) is 12.3 Å². The lowest BCUT2D eigenvalue weighted by Crippen LogP contribution is -2.53. The molecule has 3 rings (SSSR count). The quantitative estimate of drug-likeness (QED) is 0.729. The van der Waals surface area contributed by atoms with Crippen LogP contribution in [0.25, 0.3) is 0 Å².